The van der Waals surface area contributed by atoms with Gasteiger partial charge in [-0.05, 0) is 79.7 Å². The molecule has 0 aromatic heterocycles. The van der Waals surface area contributed by atoms with Crippen LogP contribution in [0.3, 0.4) is 0 Å². The summed E-state index contributed by atoms with van der Waals surface area (Å²) in [6, 6.07) is 20.1. The Morgan fingerprint density at radius 1 is 0.933 bits per heavy atom. The Kier molecular flexibility index (Phi) is 7.46. The fourth-order valence-corrected chi connectivity index (χ4v) is 4.78. The second-order valence-electron chi connectivity index (χ2n) is 6.34. The third-order valence-electron chi connectivity index (χ3n) is 4.02. The van der Waals surface area contributed by atoms with E-state index in [4.69, 9.17) is 11.6 Å². The number of rotatable bonds is 7. The molecule has 3 aromatic rings. The average Bonchev–Trinajstić information content (AvgIpc) is 2.71. The minimum atomic E-state index is -3.72. The largest absolute Gasteiger partial charge is 0.325 e. The number of sulfonamides is 1. The minimum Gasteiger partial charge on any atom is -0.325 e. The van der Waals surface area contributed by atoms with E-state index < -0.39 is 10.0 Å². The molecular formula is C21H18BrClN2O3S2. The van der Waals surface area contributed by atoms with Gasteiger partial charge in [-0.1, -0.05) is 27.5 Å². The van der Waals surface area contributed by atoms with Crippen LogP contribution in [0.4, 0.5) is 11.4 Å². The second kappa shape index (κ2) is 9.87. The van der Waals surface area contributed by atoms with Gasteiger partial charge in [0.05, 0.1) is 10.1 Å². The van der Waals surface area contributed by atoms with Gasteiger partial charge in [-0.2, -0.15) is 0 Å². The highest BCUT2D eigenvalue weighted by Gasteiger charge is 2.17. The average molecular weight is 526 g/mol. The molecule has 0 bridgehead atoms. The Hall–Kier alpha value is -2.00. The fraction of sp³-hybridized carbons (Fsp3) is 0.0952. The number of hydrogen-bond acceptors (Lipinski definition) is 4. The molecule has 5 nitrogen and oxygen atoms in total. The summed E-state index contributed by atoms with van der Waals surface area (Å²) >= 11 is 10.6. The quantitative estimate of drug-likeness (QED) is 0.370. The molecule has 0 saturated carbocycles. The first-order valence-electron chi connectivity index (χ1n) is 8.84. The first-order valence-corrected chi connectivity index (χ1v) is 12.4. The number of anilines is 2. The Morgan fingerprint density at radius 2 is 1.50 bits per heavy atom. The molecule has 0 unspecified atom stereocenters. The Bertz CT molecular complexity index is 1120. The molecule has 0 saturated heterocycles. The van der Waals surface area contributed by atoms with E-state index in [-0.39, 0.29) is 16.1 Å². The first kappa shape index (κ1) is 22.7. The molecule has 0 radical (unpaired) electrons. The van der Waals surface area contributed by atoms with E-state index in [0.29, 0.717) is 16.4 Å². The SMILES string of the molecule is C[C@@H](Sc1ccc(Cl)cc1)C(=O)Nc1ccc(S(=O)(=O)Nc2ccc(Br)cc2)cc1. The summed E-state index contributed by atoms with van der Waals surface area (Å²) in [4.78, 5) is 13.5. The monoisotopic (exact) mass is 524 g/mol. The molecule has 30 heavy (non-hydrogen) atoms. The summed E-state index contributed by atoms with van der Waals surface area (Å²) in [5, 5.41) is 3.10. The van der Waals surface area contributed by atoms with Crippen molar-refractivity contribution >= 4 is 66.6 Å². The fourth-order valence-electron chi connectivity index (χ4n) is 2.46. The van der Waals surface area contributed by atoms with Gasteiger partial charge in [0, 0.05) is 25.8 Å². The van der Waals surface area contributed by atoms with E-state index in [2.05, 4.69) is 26.0 Å². The normalized spacial score (nSPS) is 12.2. The van der Waals surface area contributed by atoms with Crippen molar-refractivity contribution < 1.29 is 13.2 Å². The van der Waals surface area contributed by atoms with Gasteiger partial charge in [-0.25, -0.2) is 8.42 Å². The third kappa shape index (κ3) is 6.25. The zero-order valence-corrected chi connectivity index (χ0v) is 19.8. The van der Waals surface area contributed by atoms with Crippen molar-refractivity contribution in [1.29, 1.82) is 0 Å². The van der Waals surface area contributed by atoms with Crippen LogP contribution >= 0.6 is 39.3 Å². The number of benzene rings is 3. The molecule has 1 amide bonds. The molecule has 0 spiro atoms. The Balaban J connectivity index is 1.62. The van der Waals surface area contributed by atoms with E-state index in [1.54, 1.807) is 55.5 Å². The van der Waals surface area contributed by atoms with Gasteiger partial charge in [-0.15, -0.1) is 11.8 Å². The summed E-state index contributed by atoms with van der Waals surface area (Å²) in [6.07, 6.45) is 0. The van der Waals surface area contributed by atoms with Gasteiger partial charge in [0.1, 0.15) is 0 Å². The maximum absolute atomic E-state index is 12.5. The number of hydrogen-bond donors (Lipinski definition) is 2. The van der Waals surface area contributed by atoms with E-state index in [1.807, 2.05) is 12.1 Å². The van der Waals surface area contributed by atoms with Gasteiger partial charge in [0.15, 0.2) is 0 Å². The molecule has 0 fully saturated rings. The number of carbonyl (C=O) groups is 1. The zero-order valence-electron chi connectivity index (χ0n) is 15.8. The van der Waals surface area contributed by atoms with Crippen molar-refractivity contribution in [2.45, 2.75) is 22.0 Å². The molecule has 0 aliphatic rings. The van der Waals surface area contributed by atoms with Crippen LogP contribution in [0.15, 0.2) is 87.1 Å². The van der Waals surface area contributed by atoms with Crippen LogP contribution in [0, 0.1) is 0 Å². The highest BCUT2D eigenvalue weighted by Crippen LogP contribution is 2.26. The highest BCUT2D eigenvalue weighted by molar-refractivity contribution is 9.10. The summed E-state index contributed by atoms with van der Waals surface area (Å²) in [7, 11) is -3.72. The number of nitrogens with one attached hydrogen (secondary N) is 2. The van der Waals surface area contributed by atoms with Crippen LogP contribution in [0.25, 0.3) is 0 Å². The predicted octanol–water partition coefficient (Wildman–Crippen LogP) is 6.02. The van der Waals surface area contributed by atoms with Gasteiger partial charge in [-0.3, -0.25) is 9.52 Å². The van der Waals surface area contributed by atoms with E-state index in [1.165, 1.54) is 23.9 Å². The van der Waals surface area contributed by atoms with Crippen LogP contribution in [0.1, 0.15) is 6.92 Å². The lowest BCUT2D eigenvalue weighted by molar-refractivity contribution is -0.115. The lowest BCUT2D eigenvalue weighted by atomic mass is 10.3. The number of amides is 1. The van der Waals surface area contributed by atoms with Crippen molar-refractivity contribution in [2.75, 3.05) is 10.0 Å². The maximum atomic E-state index is 12.5. The molecular weight excluding hydrogens is 508 g/mol. The van der Waals surface area contributed by atoms with Gasteiger partial charge >= 0.3 is 0 Å². The summed E-state index contributed by atoms with van der Waals surface area (Å²) in [5.41, 5.74) is 0.981. The molecule has 3 rings (SSSR count). The van der Waals surface area contributed by atoms with Crippen molar-refractivity contribution in [1.82, 2.24) is 0 Å². The molecule has 0 aliphatic heterocycles. The molecule has 1 atom stereocenters. The number of carbonyl (C=O) groups excluding carboxylic acids is 1. The van der Waals surface area contributed by atoms with Crippen LogP contribution in [-0.4, -0.2) is 19.6 Å². The van der Waals surface area contributed by atoms with Crippen molar-refractivity contribution in [3.05, 3.63) is 82.3 Å². The molecule has 0 heterocycles. The van der Waals surface area contributed by atoms with Crippen molar-refractivity contribution in [2.24, 2.45) is 0 Å². The van der Waals surface area contributed by atoms with Crippen molar-refractivity contribution in [3.8, 4) is 0 Å². The van der Waals surface area contributed by atoms with Crippen LogP contribution in [0.5, 0.6) is 0 Å². The van der Waals surface area contributed by atoms with E-state index in [9.17, 15) is 13.2 Å². The van der Waals surface area contributed by atoms with Crippen molar-refractivity contribution in [3.63, 3.8) is 0 Å². The molecule has 156 valence electrons. The third-order valence-corrected chi connectivity index (χ3v) is 7.31. The summed E-state index contributed by atoms with van der Waals surface area (Å²) < 4.78 is 28.4. The maximum Gasteiger partial charge on any atom is 0.261 e. The molecule has 0 aliphatic carbocycles. The lowest BCUT2D eigenvalue weighted by Crippen LogP contribution is -2.22. The minimum absolute atomic E-state index is 0.104. The summed E-state index contributed by atoms with van der Waals surface area (Å²) in [5.74, 6) is -0.182. The Labute approximate surface area is 193 Å². The number of halogens is 2. The lowest BCUT2D eigenvalue weighted by Gasteiger charge is -2.13. The topological polar surface area (TPSA) is 75.3 Å². The predicted molar refractivity (Wildman–Crippen MR) is 127 cm³/mol. The van der Waals surface area contributed by atoms with Crippen LogP contribution < -0.4 is 10.0 Å². The van der Waals surface area contributed by atoms with Gasteiger partial charge in [0.2, 0.25) is 5.91 Å². The van der Waals surface area contributed by atoms with Crippen LogP contribution in [0.2, 0.25) is 5.02 Å². The zero-order chi connectivity index (χ0) is 21.7. The molecule has 9 heteroatoms. The summed E-state index contributed by atoms with van der Waals surface area (Å²) in [6.45, 7) is 1.80. The van der Waals surface area contributed by atoms with Crippen LogP contribution in [-0.2, 0) is 14.8 Å². The van der Waals surface area contributed by atoms with Gasteiger partial charge < -0.3 is 5.32 Å². The first-order chi connectivity index (χ1) is 14.2. The molecule has 3 aromatic carbocycles. The second-order valence-corrected chi connectivity index (χ2v) is 10.8. The smallest absolute Gasteiger partial charge is 0.261 e. The Morgan fingerprint density at radius 3 is 2.10 bits per heavy atom. The molecule has 2 N–H and O–H groups in total. The van der Waals surface area contributed by atoms with Gasteiger partial charge in [0.25, 0.3) is 10.0 Å². The number of thioether (sulfide) groups is 1. The van der Waals surface area contributed by atoms with E-state index in [0.717, 1.165) is 9.37 Å². The highest BCUT2D eigenvalue weighted by atomic mass is 79.9. The standard InChI is InChI=1S/C21H18BrClN2O3S2/c1-14(29-19-10-4-16(23)5-11-19)21(26)24-17-8-12-20(13-9-17)30(27,28)25-18-6-2-15(22)3-7-18/h2-14,25H,1H3,(H,24,26)/t14-/m1/s1. The van der Waals surface area contributed by atoms with E-state index >= 15 is 0 Å².